The van der Waals surface area contributed by atoms with Crippen molar-refractivity contribution in [2.45, 2.75) is 10.1 Å². The summed E-state index contributed by atoms with van der Waals surface area (Å²) in [5.74, 6) is 0. The molecule has 0 N–H and O–H groups in total. The molecule has 1 aromatic rings. The molecule has 0 spiro atoms. The van der Waals surface area contributed by atoms with Crippen molar-refractivity contribution >= 4 is 25.3 Å². The molecule has 40 valence electrons. The molecular formula is C4H2N2S2. The zero-order valence-corrected chi connectivity index (χ0v) is 5.50. The number of nitrogens with zero attached hydrogens (tertiary/aromatic N) is 2. The van der Waals surface area contributed by atoms with Crippen molar-refractivity contribution in [2.24, 2.45) is 0 Å². The standard InChI is InChI=1S/C4H2N2S2/c7-3-1-4(8)6-2-5-3/h1-2H. The summed E-state index contributed by atoms with van der Waals surface area (Å²) in [6.45, 7) is 0. The van der Waals surface area contributed by atoms with Crippen LogP contribution in [-0.2, 0) is 0 Å². The molecule has 0 fully saturated rings. The molecule has 0 unspecified atom stereocenters. The second-order valence-electron chi connectivity index (χ2n) is 1.19. The molecule has 0 aromatic carbocycles. The smallest absolute Gasteiger partial charge is 0.131 e. The van der Waals surface area contributed by atoms with Crippen LogP contribution in [0.25, 0.3) is 0 Å². The Kier molecular flexibility index (Phi) is 1.55. The average Bonchev–Trinajstić information content (AvgIpc) is 1.64. The summed E-state index contributed by atoms with van der Waals surface area (Å²) in [5, 5.41) is 1.01. The van der Waals surface area contributed by atoms with E-state index in [-0.39, 0.29) is 0 Å². The van der Waals surface area contributed by atoms with E-state index in [0.717, 1.165) is 0 Å². The Balaban J connectivity index is 3.08. The summed E-state index contributed by atoms with van der Waals surface area (Å²) in [5.41, 5.74) is 0. The Hall–Kier alpha value is -0.480. The summed E-state index contributed by atoms with van der Waals surface area (Å²) in [6.07, 6.45) is 1.37. The molecule has 0 amide bonds. The minimum absolute atomic E-state index is 0.505. The lowest BCUT2D eigenvalue weighted by Crippen LogP contribution is -1.78. The second-order valence-corrected chi connectivity index (χ2v) is 2.03. The van der Waals surface area contributed by atoms with Gasteiger partial charge >= 0.3 is 0 Å². The first-order chi connectivity index (χ1) is 3.79. The molecule has 0 saturated carbocycles. The van der Waals surface area contributed by atoms with Gasteiger partial charge in [0.2, 0.25) is 0 Å². The lowest BCUT2D eigenvalue weighted by Gasteiger charge is -1.85. The molecular weight excluding hydrogens is 140 g/mol. The molecule has 2 nitrogen and oxygen atoms in total. The number of rotatable bonds is 0. The van der Waals surface area contributed by atoms with Crippen molar-refractivity contribution in [3.8, 4) is 0 Å². The van der Waals surface area contributed by atoms with Crippen LogP contribution in [0.4, 0.5) is 0 Å². The molecule has 0 saturated heterocycles. The molecule has 1 aromatic heterocycles. The van der Waals surface area contributed by atoms with E-state index >= 15 is 0 Å². The van der Waals surface area contributed by atoms with E-state index in [0.29, 0.717) is 10.1 Å². The van der Waals surface area contributed by atoms with Crippen LogP contribution < -0.4 is 0 Å². The van der Waals surface area contributed by atoms with E-state index in [1.165, 1.54) is 6.33 Å². The van der Waals surface area contributed by atoms with Gasteiger partial charge in [0.15, 0.2) is 0 Å². The molecule has 1 heterocycles. The van der Waals surface area contributed by atoms with Crippen molar-refractivity contribution in [1.29, 1.82) is 0 Å². The Morgan fingerprint density at radius 3 is 1.88 bits per heavy atom. The van der Waals surface area contributed by atoms with Gasteiger partial charge in [-0.1, -0.05) is 25.3 Å². The highest BCUT2D eigenvalue weighted by Crippen LogP contribution is 2.03. The van der Waals surface area contributed by atoms with Gasteiger partial charge in [0.1, 0.15) is 16.4 Å². The number of hydrogen-bond acceptors (Lipinski definition) is 2. The van der Waals surface area contributed by atoms with E-state index < -0.39 is 0 Å². The van der Waals surface area contributed by atoms with Gasteiger partial charge in [0, 0.05) is 6.07 Å². The lowest BCUT2D eigenvalue weighted by atomic mass is 10.7. The fraction of sp³-hybridized carbons (Fsp3) is 0. The topological polar surface area (TPSA) is 25.8 Å². The van der Waals surface area contributed by atoms with Crippen LogP contribution in [0.1, 0.15) is 0 Å². The average molecular weight is 142 g/mol. The molecule has 0 aliphatic carbocycles. The largest absolute Gasteiger partial charge is 0.225 e. The normalized spacial score (nSPS) is 9.00. The molecule has 0 aliphatic rings. The van der Waals surface area contributed by atoms with E-state index in [1.807, 2.05) is 0 Å². The van der Waals surface area contributed by atoms with Crippen LogP contribution in [0.3, 0.4) is 0 Å². The van der Waals surface area contributed by atoms with Gasteiger partial charge in [0.05, 0.1) is 0 Å². The monoisotopic (exact) mass is 142 g/mol. The fourth-order valence-electron chi connectivity index (χ4n) is 0.323. The van der Waals surface area contributed by atoms with E-state index in [1.54, 1.807) is 6.07 Å². The molecule has 1 rings (SSSR count). The van der Waals surface area contributed by atoms with Crippen LogP contribution >= 0.6 is 25.3 Å². The second kappa shape index (κ2) is 2.19. The van der Waals surface area contributed by atoms with Crippen molar-refractivity contribution < 1.29 is 0 Å². The third-order valence-corrected chi connectivity index (χ3v) is 1.06. The van der Waals surface area contributed by atoms with Crippen LogP contribution in [0.2, 0.25) is 0 Å². The molecule has 0 aliphatic heterocycles. The SMILES string of the molecule is [S]c1cc([S])ncn1. The molecule has 8 heavy (non-hydrogen) atoms. The van der Waals surface area contributed by atoms with Gasteiger partial charge in [-0.2, -0.15) is 0 Å². The zero-order valence-electron chi connectivity index (χ0n) is 3.87. The number of aromatic nitrogens is 2. The van der Waals surface area contributed by atoms with Crippen LogP contribution in [-0.4, -0.2) is 9.97 Å². The van der Waals surface area contributed by atoms with Crippen molar-refractivity contribution in [2.75, 3.05) is 0 Å². The lowest BCUT2D eigenvalue weighted by molar-refractivity contribution is 0.971. The van der Waals surface area contributed by atoms with Gasteiger partial charge in [-0.05, 0) is 0 Å². The summed E-state index contributed by atoms with van der Waals surface area (Å²) in [6, 6.07) is 1.57. The molecule has 2 radical (unpaired) electrons. The predicted molar refractivity (Wildman–Crippen MR) is 33.7 cm³/mol. The van der Waals surface area contributed by atoms with E-state index in [9.17, 15) is 0 Å². The third-order valence-electron chi connectivity index (χ3n) is 0.617. The third kappa shape index (κ3) is 1.24. The van der Waals surface area contributed by atoms with Crippen LogP contribution in [0, 0.1) is 0 Å². The predicted octanol–water partition coefficient (Wildman–Crippen LogP) is 1.59. The maximum absolute atomic E-state index is 4.68. The maximum Gasteiger partial charge on any atom is 0.131 e. The van der Waals surface area contributed by atoms with Crippen molar-refractivity contribution in [3.05, 3.63) is 12.4 Å². The first-order valence-corrected chi connectivity index (χ1v) is 2.77. The quantitative estimate of drug-likeness (QED) is 0.514. The van der Waals surface area contributed by atoms with Gasteiger partial charge < -0.3 is 0 Å². The molecule has 4 heteroatoms. The Morgan fingerprint density at radius 2 is 1.62 bits per heavy atom. The summed E-state index contributed by atoms with van der Waals surface area (Å²) >= 11 is 9.36. The van der Waals surface area contributed by atoms with Crippen LogP contribution in [0.5, 0.6) is 0 Å². The summed E-state index contributed by atoms with van der Waals surface area (Å²) in [4.78, 5) is 7.35. The van der Waals surface area contributed by atoms with Crippen molar-refractivity contribution in [1.82, 2.24) is 9.97 Å². The Morgan fingerprint density at radius 1 is 1.12 bits per heavy atom. The highest BCUT2D eigenvalue weighted by Gasteiger charge is 1.87. The van der Waals surface area contributed by atoms with Gasteiger partial charge in [-0.15, -0.1) is 0 Å². The van der Waals surface area contributed by atoms with Gasteiger partial charge in [-0.3, -0.25) is 0 Å². The van der Waals surface area contributed by atoms with Crippen LogP contribution in [0.15, 0.2) is 22.4 Å². The minimum atomic E-state index is 0.505. The van der Waals surface area contributed by atoms with E-state index in [4.69, 9.17) is 0 Å². The summed E-state index contributed by atoms with van der Waals surface area (Å²) < 4.78 is 0. The summed E-state index contributed by atoms with van der Waals surface area (Å²) in [7, 11) is 0. The Bertz CT molecular complexity index is 172. The highest BCUT2D eigenvalue weighted by molar-refractivity contribution is 7.81. The van der Waals surface area contributed by atoms with E-state index in [2.05, 4.69) is 35.2 Å². The molecule has 0 bridgehead atoms. The highest BCUT2D eigenvalue weighted by atomic mass is 32.1. The molecule has 0 atom stereocenters. The zero-order chi connectivity index (χ0) is 5.98. The number of hydrogen-bond donors (Lipinski definition) is 0. The minimum Gasteiger partial charge on any atom is -0.225 e. The van der Waals surface area contributed by atoms with Crippen molar-refractivity contribution in [3.63, 3.8) is 0 Å². The maximum atomic E-state index is 4.68. The first kappa shape index (κ1) is 5.65. The fourth-order valence-corrected chi connectivity index (χ4v) is 0.715. The van der Waals surface area contributed by atoms with Gasteiger partial charge in [0.25, 0.3) is 0 Å². The first-order valence-electron chi connectivity index (χ1n) is 1.95. The Labute approximate surface area is 58.2 Å². The van der Waals surface area contributed by atoms with Gasteiger partial charge in [-0.25, -0.2) is 9.97 Å².